The van der Waals surface area contributed by atoms with Crippen molar-refractivity contribution in [3.05, 3.63) is 22.7 Å². The van der Waals surface area contributed by atoms with Crippen molar-refractivity contribution in [2.45, 2.75) is 25.8 Å². The molecule has 2 heterocycles. The maximum atomic E-state index is 11.3. The summed E-state index contributed by atoms with van der Waals surface area (Å²) < 4.78 is 26.4. The monoisotopic (exact) mass is 359 g/mol. The highest BCUT2D eigenvalue weighted by Crippen LogP contribution is 2.34. The Morgan fingerprint density at radius 1 is 1.36 bits per heavy atom. The number of hydrogen-bond acceptors (Lipinski definition) is 5. The second-order valence-electron chi connectivity index (χ2n) is 5.67. The smallest absolute Gasteiger partial charge is 0.208 e. The van der Waals surface area contributed by atoms with Crippen LogP contribution in [0, 0.1) is 6.92 Å². The van der Waals surface area contributed by atoms with Crippen molar-refractivity contribution >= 4 is 48.3 Å². The summed E-state index contributed by atoms with van der Waals surface area (Å²) in [5, 5.41) is 1.72. The van der Waals surface area contributed by atoms with Crippen molar-refractivity contribution < 1.29 is 8.42 Å². The van der Waals surface area contributed by atoms with Crippen molar-refractivity contribution in [3.8, 4) is 0 Å². The molecule has 1 saturated heterocycles. The van der Waals surface area contributed by atoms with Crippen molar-refractivity contribution in [1.82, 2.24) is 9.71 Å². The van der Waals surface area contributed by atoms with E-state index >= 15 is 0 Å². The fourth-order valence-corrected chi connectivity index (χ4v) is 4.79. The standard InChI is InChI=1S/C14H18ClN3O2S2/c1-9-11(15)3-4-12-13(9)16-14(21-12)18-7-5-10(6-8-18)17-22(2,19)20/h3-4,10,17H,5-8H2,1-2H3. The molecule has 5 nitrogen and oxygen atoms in total. The maximum absolute atomic E-state index is 11.3. The van der Waals surface area contributed by atoms with Crippen LogP contribution in [0.3, 0.4) is 0 Å². The molecule has 0 radical (unpaired) electrons. The average molecular weight is 360 g/mol. The Balaban J connectivity index is 1.75. The van der Waals surface area contributed by atoms with E-state index in [0.29, 0.717) is 0 Å². The lowest BCUT2D eigenvalue weighted by Crippen LogP contribution is -2.44. The zero-order valence-corrected chi connectivity index (χ0v) is 14.9. The Labute approximate surface area is 139 Å². The SMILES string of the molecule is Cc1c(Cl)ccc2sc(N3CCC(NS(C)(=O)=O)CC3)nc12. The summed E-state index contributed by atoms with van der Waals surface area (Å²) in [4.78, 5) is 6.94. The molecule has 3 rings (SSSR count). The van der Waals surface area contributed by atoms with E-state index in [0.717, 1.165) is 51.9 Å². The van der Waals surface area contributed by atoms with E-state index in [2.05, 4.69) is 9.62 Å². The van der Waals surface area contributed by atoms with Gasteiger partial charge in [-0.3, -0.25) is 0 Å². The Hall–Kier alpha value is -0.890. The van der Waals surface area contributed by atoms with E-state index in [4.69, 9.17) is 16.6 Å². The van der Waals surface area contributed by atoms with Gasteiger partial charge in [0.25, 0.3) is 0 Å². The molecule has 0 bridgehead atoms. The van der Waals surface area contributed by atoms with Crippen LogP contribution in [0.5, 0.6) is 0 Å². The number of hydrogen-bond donors (Lipinski definition) is 1. The number of aromatic nitrogens is 1. The molecule has 0 aliphatic carbocycles. The molecule has 0 atom stereocenters. The molecule has 0 spiro atoms. The number of rotatable bonds is 3. The predicted molar refractivity (Wildman–Crippen MR) is 92.6 cm³/mol. The Bertz CT molecular complexity index is 796. The minimum Gasteiger partial charge on any atom is -0.348 e. The van der Waals surface area contributed by atoms with Gasteiger partial charge in [0.15, 0.2) is 5.13 Å². The Morgan fingerprint density at radius 2 is 2.05 bits per heavy atom. The minimum atomic E-state index is -3.13. The van der Waals surface area contributed by atoms with Crippen LogP contribution >= 0.6 is 22.9 Å². The first kappa shape index (κ1) is 16.0. The lowest BCUT2D eigenvalue weighted by Gasteiger charge is -2.31. The van der Waals surface area contributed by atoms with Crippen LogP contribution in [-0.4, -0.2) is 38.8 Å². The van der Waals surface area contributed by atoms with Crippen molar-refractivity contribution in [1.29, 1.82) is 0 Å². The summed E-state index contributed by atoms with van der Waals surface area (Å²) in [5.74, 6) is 0. The minimum absolute atomic E-state index is 0.0248. The number of benzene rings is 1. The number of nitrogens with one attached hydrogen (secondary N) is 1. The Kier molecular flexibility index (Phi) is 4.33. The summed E-state index contributed by atoms with van der Waals surface area (Å²) >= 11 is 7.81. The molecule has 1 fully saturated rings. The maximum Gasteiger partial charge on any atom is 0.208 e. The first-order valence-electron chi connectivity index (χ1n) is 7.11. The zero-order chi connectivity index (χ0) is 15.9. The fraction of sp³-hybridized carbons (Fsp3) is 0.500. The van der Waals surface area contributed by atoms with Crippen LogP contribution in [0.15, 0.2) is 12.1 Å². The van der Waals surface area contributed by atoms with Gasteiger partial charge in [-0.05, 0) is 37.5 Å². The molecular formula is C14H18ClN3O2S2. The molecule has 1 aromatic carbocycles. The second-order valence-corrected chi connectivity index (χ2v) is 8.86. The second kappa shape index (κ2) is 5.96. The predicted octanol–water partition coefficient (Wildman–Crippen LogP) is 2.78. The van der Waals surface area contributed by atoms with Gasteiger partial charge in [-0.15, -0.1) is 0 Å². The number of thiazole rings is 1. The molecule has 22 heavy (non-hydrogen) atoms. The lowest BCUT2D eigenvalue weighted by atomic mass is 10.1. The van der Waals surface area contributed by atoms with Crippen LogP contribution in [-0.2, 0) is 10.0 Å². The molecule has 8 heteroatoms. The number of fused-ring (bicyclic) bond motifs is 1. The number of aryl methyl sites for hydroxylation is 1. The molecule has 1 N–H and O–H groups in total. The van der Waals surface area contributed by atoms with Gasteiger partial charge >= 0.3 is 0 Å². The van der Waals surface area contributed by atoms with Crippen molar-refractivity contribution in [3.63, 3.8) is 0 Å². The fourth-order valence-electron chi connectivity index (χ4n) is 2.72. The number of sulfonamides is 1. The highest BCUT2D eigenvalue weighted by molar-refractivity contribution is 7.88. The summed E-state index contributed by atoms with van der Waals surface area (Å²) in [6.45, 7) is 3.59. The van der Waals surface area contributed by atoms with E-state index in [1.54, 1.807) is 11.3 Å². The van der Waals surface area contributed by atoms with Gasteiger partial charge in [0.1, 0.15) is 0 Å². The van der Waals surface area contributed by atoms with Gasteiger partial charge in [-0.1, -0.05) is 22.9 Å². The molecule has 0 amide bonds. The third kappa shape index (κ3) is 3.37. The number of anilines is 1. The van der Waals surface area contributed by atoms with Gasteiger partial charge in [0, 0.05) is 24.2 Å². The van der Waals surface area contributed by atoms with Gasteiger partial charge in [-0.2, -0.15) is 0 Å². The van der Waals surface area contributed by atoms with Crippen LogP contribution in [0.2, 0.25) is 5.02 Å². The lowest BCUT2D eigenvalue weighted by molar-refractivity contribution is 0.461. The molecule has 1 aromatic heterocycles. The molecule has 1 aliphatic rings. The van der Waals surface area contributed by atoms with Gasteiger partial charge in [-0.25, -0.2) is 18.1 Å². The van der Waals surface area contributed by atoms with Gasteiger partial charge < -0.3 is 4.90 Å². The largest absolute Gasteiger partial charge is 0.348 e. The molecule has 120 valence electrons. The van der Waals surface area contributed by atoms with E-state index in [9.17, 15) is 8.42 Å². The van der Waals surface area contributed by atoms with E-state index in [1.165, 1.54) is 6.26 Å². The summed E-state index contributed by atoms with van der Waals surface area (Å²) in [5.41, 5.74) is 1.97. The van der Waals surface area contributed by atoms with Crippen molar-refractivity contribution in [2.75, 3.05) is 24.2 Å². The molecule has 2 aromatic rings. The number of nitrogens with zero attached hydrogens (tertiary/aromatic N) is 2. The summed E-state index contributed by atoms with van der Waals surface area (Å²) in [6, 6.07) is 3.93. The molecular weight excluding hydrogens is 342 g/mol. The first-order valence-corrected chi connectivity index (χ1v) is 10.2. The van der Waals surface area contributed by atoms with E-state index in [1.807, 2.05) is 19.1 Å². The summed E-state index contributed by atoms with van der Waals surface area (Å²) in [6.07, 6.45) is 2.80. The highest BCUT2D eigenvalue weighted by atomic mass is 35.5. The average Bonchev–Trinajstić information content (AvgIpc) is 2.87. The molecule has 1 aliphatic heterocycles. The van der Waals surface area contributed by atoms with E-state index in [-0.39, 0.29) is 6.04 Å². The van der Waals surface area contributed by atoms with Crippen LogP contribution in [0.25, 0.3) is 10.2 Å². The van der Waals surface area contributed by atoms with E-state index < -0.39 is 10.0 Å². The van der Waals surface area contributed by atoms with Gasteiger partial charge in [0.05, 0.1) is 16.5 Å². The number of piperidine rings is 1. The zero-order valence-electron chi connectivity index (χ0n) is 12.5. The van der Waals surface area contributed by atoms with Gasteiger partial charge in [0.2, 0.25) is 10.0 Å². The van der Waals surface area contributed by atoms with Crippen LogP contribution in [0.4, 0.5) is 5.13 Å². The third-order valence-electron chi connectivity index (χ3n) is 3.88. The Morgan fingerprint density at radius 3 is 2.68 bits per heavy atom. The summed E-state index contributed by atoms with van der Waals surface area (Å²) in [7, 11) is -3.13. The number of halogens is 1. The topological polar surface area (TPSA) is 62.3 Å². The van der Waals surface area contributed by atoms with Crippen LogP contribution < -0.4 is 9.62 Å². The molecule has 0 unspecified atom stereocenters. The third-order valence-corrected chi connectivity index (χ3v) is 6.14. The normalized spacial score (nSPS) is 17.3. The van der Waals surface area contributed by atoms with Crippen molar-refractivity contribution in [2.24, 2.45) is 0 Å². The highest BCUT2D eigenvalue weighted by Gasteiger charge is 2.23. The first-order chi connectivity index (χ1) is 10.3. The molecule has 0 saturated carbocycles. The van der Waals surface area contributed by atoms with Crippen LogP contribution in [0.1, 0.15) is 18.4 Å². The quantitative estimate of drug-likeness (QED) is 0.915.